The van der Waals surface area contributed by atoms with E-state index in [9.17, 15) is 0 Å². The van der Waals surface area contributed by atoms with Gasteiger partial charge in [-0.15, -0.1) is 0 Å². The summed E-state index contributed by atoms with van der Waals surface area (Å²) in [6.45, 7) is 0. The average molecular weight is 1230 g/mol. The largest absolute Gasteiger partial charge is 0.264 e. The summed E-state index contributed by atoms with van der Waals surface area (Å²) in [5, 5.41) is 11.9. The van der Waals surface area contributed by atoms with E-state index >= 15 is 0 Å². The zero-order chi connectivity index (χ0) is 63.7. The molecule has 18 aromatic rings. The van der Waals surface area contributed by atoms with Crippen LogP contribution >= 0.6 is 0 Å². The highest BCUT2D eigenvalue weighted by atomic mass is 15.1. The lowest BCUT2D eigenvalue weighted by atomic mass is 9.94. The number of fused-ring (bicyclic) bond motifs is 10. The predicted octanol–water partition coefficient (Wildman–Crippen LogP) is 20.3. The van der Waals surface area contributed by atoms with Gasteiger partial charge in [0.25, 0.3) is 0 Å². The summed E-state index contributed by atoms with van der Waals surface area (Å²) in [5.74, 6) is 3.43. The quantitative estimate of drug-likeness (QED) is 0.121. The Kier molecular flexibility index (Phi) is 14.6. The van der Waals surface area contributed by atoms with Crippen molar-refractivity contribution in [2.45, 2.75) is 0 Å². The summed E-state index contributed by atoms with van der Waals surface area (Å²) in [6.07, 6.45) is 8.76. The van der Waals surface area contributed by atoms with Crippen LogP contribution in [0.5, 0.6) is 0 Å². The van der Waals surface area contributed by atoms with Crippen molar-refractivity contribution in [1.82, 2.24) is 54.8 Å². The molecule has 0 atom stereocenters. The maximum atomic E-state index is 5.22. The molecule has 0 saturated heterocycles. The zero-order valence-electron chi connectivity index (χ0n) is 51.5. The van der Waals surface area contributed by atoms with Crippen molar-refractivity contribution < 1.29 is 0 Å². The van der Waals surface area contributed by atoms with Crippen LogP contribution in [0.1, 0.15) is 0 Å². The van der Waals surface area contributed by atoms with E-state index in [2.05, 4.69) is 215 Å². The van der Waals surface area contributed by atoms with Gasteiger partial charge in [-0.1, -0.05) is 218 Å². The van der Waals surface area contributed by atoms with E-state index in [0.29, 0.717) is 40.6 Å². The second-order valence-electron chi connectivity index (χ2n) is 23.4. The van der Waals surface area contributed by atoms with Crippen molar-refractivity contribution in [3.05, 3.63) is 322 Å². The molecule has 11 nitrogen and oxygen atoms in total. The smallest absolute Gasteiger partial charge is 0.182 e. The van der Waals surface area contributed by atoms with Crippen molar-refractivity contribution in [2.75, 3.05) is 0 Å². The normalized spacial score (nSPS) is 11.3. The van der Waals surface area contributed by atoms with Crippen LogP contribution in [-0.4, -0.2) is 54.8 Å². The molecule has 7 aromatic heterocycles. The Balaban J connectivity index is 0.000000145. The lowest BCUT2D eigenvalue weighted by Crippen LogP contribution is -2.01. The van der Waals surface area contributed by atoms with Crippen LogP contribution in [0.2, 0.25) is 0 Å². The molecule has 0 aliphatic heterocycles. The van der Waals surface area contributed by atoms with Crippen molar-refractivity contribution >= 4 is 64.9 Å². The van der Waals surface area contributed by atoms with Gasteiger partial charge in [-0.25, -0.2) is 39.9 Å². The molecular formula is C85H53N11. The Bertz CT molecular complexity index is 5460. The summed E-state index contributed by atoms with van der Waals surface area (Å²) < 4.78 is 0. The van der Waals surface area contributed by atoms with E-state index in [4.69, 9.17) is 39.9 Å². The molecule has 0 radical (unpaired) electrons. The topological polar surface area (TPSA) is 142 Å². The third kappa shape index (κ3) is 10.9. The number of para-hydroxylation sites is 2. The van der Waals surface area contributed by atoms with E-state index < -0.39 is 0 Å². The standard InChI is InChI=1S/C43H27N5.C42H26N6/c1-2-13-29(14-3-1)41-46-42(48-43(47-41)38-22-8-9-25-44-38)33-18-11-16-31(27-33)30-15-10-17-32(26-30)40-36-24-23-28-12-4-5-19-34(28)39(36)35-20-6-7-21-37(35)45-40;1-2-16-34-27(9-1)19-20-36-38(34)35-17-3-4-18-37(35)45-39(36)30-12-5-10-28(23-30)29-11-6-13-31(24-29)40-46-41(32-14-7-21-43-25-32)48-42(47-40)33-15-8-22-44-26-33/h1-27H;1-26H. The van der Waals surface area contributed by atoms with Crippen LogP contribution in [0, 0.1) is 0 Å². The van der Waals surface area contributed by atoms with E-state index in [0.717, 1.165) is 105 Å². The van der Waals surface area contributed by atoms with Crippen molar-refractivity contribution in [3.8, 4) is 113 Å². The lowest BCUT2D eigenvalue weighted by Gasteiger charge is -2.14. The van der Waals surface area contributed by atoms with E-state index in [-0.39, 0.29) is 0 Å². The molecule has 7 heterocycles. The van der Waals surface area contributed by atoms with Crippen molar-refractivity contribution in [3.63, 3.8) is 0 Å². The van der Waals surface area contributed by atoms with E-state index in [1.807, 2.05) is 91.0 Å². The van der Waals surface area contributed by atoms with Crippen LogP contribution in [0.25, 0.3) is 178 Å². The molecule has 11 aromatic carbocycles. The third-order valence-electron chi connectivity index (χ3n) is 17.4. The Morgan fingerprint density at radius 1 is 0.198 bits per heavy atom. The first-order chi connectivity index (χ1) is 47.6. The first-order valence-electron chi connectivity index (χ1n) is 31.7. The molecule has 96 heavy (non-hydrogen) atoms. The predicted molar refractivity (Wildman–Crippen MR) is 388 cm³/mol. The SMILES string of the molecule is c1ccc(-c2nc(-c3cccc(-c4cccc(-c5nc6ccccc6c6c5ccc5ccccc56)c4)c3)nc(-c3ccccn3)n2)cc1.c1cncc(-c2nc(-c3cccnc3)nc(-c3cccc(-c4cccc(-c5nc6ccccc6c6c5ccc5ccccc56)c4)c3)n2)c1. The Hall–Kier alpha value is -13.3. The fourth-order valence-electron chi connectivity index (χ4n) is 12.8. The highest BCUT2D eigenvalue weighted by Gasteiger charge is 2.19. The van der Waals surface area contributed by atoms with E-state index in [1.54, 1.807) is 31.0 Å². The van der Waals surface area contributed by atoms with Gasteiger partial charge in [0.15, 0.2) is 34.9 Å². The molecule has 0 N–H and O–H groups in total. The highest BCUT2D eigenvalue weighted by molar-refractivity contribution is 6.23. The van der Waals surface area contributed by atoms with Crippen molar-refractivity contribution in [1.29, 1.82) is 0 Å². The third-order valence-corrected chi connectivity index (χ3v) is 17.4. The van der Waals surface area contributed by atoms with Crippen LogP contribution in [0.3, 0.4) is 0 Å². The molecule has 0 spiro atoms. The van der Waals surface area contributed by atoms with Crippen LogP contribution in [0.4, 0.5) is 0 Å². The van der Waals surface area contributed by atoms with Gasteiger partial charge in [-0.05, 0) is 117 Å². The first-order valence-corrected chi connectivity index (χ1v) is 31.7. The molecule has 0 bridgehead atoms. The number of benzene rings is 11. The lowest BCUT2D eigenvalue weighted by molar-refractivity contribution is 1.06. The number of aromatic nitrogens is 11. The molecule has 0 fully saturated rings. The second-order valence-corrected chi connectivity index (χ2v) is 23.4. The number of hydrogen-bond donors (Lipinski definition) is 0. The van der Waals surface area contributed by atoms with Crippen LogP contribution in [0.15, 0.2) is 322 Å². The maximum absolute atomic E-state index is 5.22. The summed E-state index contributed by atoms with van der Waals surface area (Å²) in [4.78, 5) is 52.7. The summed E-state index contributed by atoms with van der Waals surface area (Å²) in [5.41, 5.74) is 15.3. The number of rotatable bonds is 10. The van der Waals surface area contributed by atoms with Gasteiger partial charge in [-0.2, -0.15) is 0 Å². The minimum absolute atomic E-state index is 0.536. The Labute approximate surface area is 552 Å². The number of nitrogens with zero attached hydrogens (tertiary/aromatic N) is 11. The molecule has 0 aliphatic rings. The van der Waals surface area contributed by atoms with Gasteiger partial charge >= 0.3 is 0 Å². The fourth-order valence-corrected chi connectivity index (χ4v) is 12.8. The molecule has 0 aliphatic carbocycles. The minimum Gasteiger partial charge on any atom is -0.264 e. The maximum Gasteiger partial charge on any atom is 0.182 e. The molecule has 18 rings (SSSR count). The average Bonchev–Trinajstić information content (AvgIpc) is 0.774. The molecule has 448 valence electrons. The van der Waals surface area contributed by atoms with Gasteiger partial charge in [0.2, 0.25) is 0 Å². The number of hydrogen-bond acceptors (Lipinski definition) is 11. The first kappa shape index (κ1) is 56.7. The molecule has 11 heteroatoms. The van der Waals surface area contributed by atoms with E-state index in [1.165, 1.54) is 32.3 Å². The Morgan fingerprint density at radius 2 is 0.562 bits per heavy atom. The van der Waals surface area contributed by atoms with Gasteiger partial charge in [0, 0.05) is 102 Å². The van der Waals surface area contributed by atoms with Gasteiger partial charge in [0.05, 0.1) is 22.4 Å². The second kappa shape index (κ2) is 24.8. The van der Waals surface area contributed by atoms with Gasteiger partial charge < -0.3 is 0 Å². The van der Waals surface area contributed by atoms with Gasteiger partial charge in [-0.3, -0.25) is 15.0 Å². The molecular weight excluding hydrogens is 1180 g/mol. The highest BCUT2D eigenvalue weighted by Crippen LogP contribution is 2.41. The molecule has 0 unspecified atom stereocenters. The zero-order valence-corrected chi connectivity index (χ0v) is 51.5. The molecule has 0 amide bonds. The summed E-state index contributed by atoms with van der Waals surface area (Å²) in [7, 11) is 0. The van der Waals surface area contributed by atoms with Crippen LogP contribution in [-0.2, 0) is 0 Å². The fraction of sp³-hybridized carbons (Fsp3) is 0. The minimum atomic E-state index is 0.536. The Morgan fingerprint density at radius 3 is 1.02 bits per heavy atom. The molecule has 0 saturated carbocycles. The van der Waals surface area contributed by atoms with Crippen LogP contribution < -0.4 is 0 Å². The van der Waals surface area contributed by atoms with Gasteiger partial charge in [0.1, 0.15) is 5.69 Å². The summed E-state index contributed by atoms with van der Waals surface area (Å²) >= 11 is 0. The monoisotopic (exact) mass is 1230 g/mol. The summed E-state index contributed by atoms with van der Waals surface area (Å²) in [6, 6.07) is 100. The van der Waals surface area contributed by atoms with Crippen molar-refractivity contribution in [2.24, 2.45) is 0 Å². The number of pyridine rings is 5.